The molecule has 138 valence electrons. The first-order chi connectivity index (χ1) is 13.0. The van der Waals surface area contributed by atoms with Crippen molar-refractivity contribution in [3.63, 3.8) is 0 Å². The van der Waals surface area contributed by atoms with Gasteiger partial charge in [-0.25, -0.2) is 13.9 Å². The number of methoxy groups -OCH3 is 1. The molecule has 0 N–H and O–H groups in total. The summed E-state index contributed by atoms with van der Waals surface area (Å²) >= 11 is 0. The van der Waals surface area contributed by atoms with Crippen LogP contribution in [0.3, 0.4) is 0 Å². The highest BCUT2D eigenvalue weighted by Gasteiger charge is 2.25. The van der Waals surface area contributed by atoms with Gasteiger partial charge in [-0.3, -0.25) is 4.79 Å². The van der Waals surface area contributed by atoms with Crippen LogP contribution >= 0.6 is 0 Å². The van der Waals surface area contributed by atoms with Gasteiger partial charge >= 0.3 is 5.97 Å². The first kappa shape index (κ1) is 18.3. The second kappa shape index (κ2) is 7.82. The molecule has 27 heavy (non-hydrogen) atoms. The van der Waals surface area contributed by atoms with Crippen LogP contribution in [-0.4, -0.2) is 34.7 Å². The van der Waals surface area contributed by atoms with Gasteiger partial charge in [0.25, 0.3) is 0 Å². The van der Waals surface area contributed by atoms with Crippen molar-refractivity contribution in [1.82, 2.24) is 9.78 Å². The lowest BCUT2D eigenvalue weighted by Gasteiger charge is -2.11. The first-order valence-electron chi connectivity index (χ1n) is 8.19. The van der Waals surface area contributed by atoms with Gasteiger partial charge in [0.1, 0.15) is 5.82 Å². The van der Waals surface area contributed by atoms with Crippen LogP contribution in [-0.2, 0) is 4.74 Å². The first-order valence-corrected chi connectivity index (χ1v) is 8.19. The Morgan fingerprint density at radius 2 is 1.74 bits per heavy atom. The summed E-state index contributed by atoms with van der Waals surface area (Å²) < 4.78 is 24.9. The number of carbonyl (C=O) groups excluding carboxylic acids is 2. The van der Waals surface area contributed by atoms with Crippen LogP contribution in [0.15, 0.2) is 60.8 Å². The number of aromatic nitrogens is 2. The van der Waals surface area contributed by atoms with Crippen LogP contribution in [0.2, 0.25) is 0 Å². The number of esters is 1. The summed E-state index contributed by atoms with van der Waals surface area (Å²) in [6, 6.07) is 14.2. The van der Waals surface area contributed by atoms with E-state index in [9.17, 15) is 14.0 Å². The van der Waals surface area contributed by atoms with Crippen molar-refractivity contribution < 1.29 is 23.5 Å². The van der Waals surface area contributed by atoms with Gasteiger partial charge < -0.3 is 9.47 Å². The maximum atomic E-state index is 13.0. The third-order valence-corrected chi connectivity index (χ3v) is 3.90. The zero-order valence-electron chi connectivity index (χ0n) is 14.8. The van der Waals surface area contributed by atoms with Crippen molar-refractivity contribution in [2.45, 2.75) is 13.0 Å². The zero-order valence-corrected chi connectivity index (χ0v) is 14.8. The number of hydrogen-bond donors (Lipinski definition) is 0. The van der Waals surface area contributed by atoms with E-state index >= 15 is 0 Å². The summed E-state index contributed by atoms with van der Waals surface area (Å²) in [7, 11) is 1.41. The second-order valence-electron chi connectivity index (χ2n) is 5.74. The van der Waals surface area contributed by atoms with Crippen molar-refractivity contribution in [1.29, 1.82) is 0 Å². The standard InChI is InChI=1S/C20H17FN2O4/c1-13(19(24)14-8-10-15(21)11-9-14)27-20(25)18-17(26-2)12-23(22-18)16-6-4-3-5-7-16/h3-13H,1-2H3. The van der Waals surface area contributed by atoms with E-state index in [1.165, 1.54) is 43.0 Å². The van der Waals surface area contributed by atoms with Gasteiger partial charge in [0, 0.05) is 5.56 Å². The van der Waals surface area contributed by atoms with E-state index in [1.54, 1.807) is 6.20 Å². The average Bonchev–Trinajstić information content (AvgIpc) is 3.13. The Balaban J connectivity index is 1.78. The molecule has 0 bridgehead atoms. The summed E-state index contributed by atoms with van der Waals surface area (Å²) in [5.41, 5.74) is 0.948. The lowest BCUT2D eigenvalue weighted by molar-refractivity contribution is 0.0309. The van der Waals surface area contributed by atoms with E-state index < -0.39 is 23.7 Å². The largest absolute Gasteiger partial charge is 0.493 e. The fraction of sp³-hybridized carbons (Fsp3) is 0.150. The molecule has 1 atom stereocenters. The summed E-state index contributed by atoms with van der Waals surface area (Å²) in [5.74, 6) is -1.45. The number of hydrogen-bond acceptors (Lipinski definition) is 5. The molecule has 2 aromatic carbocycles. The van der Waals surface area contributed by atoms with Gasteiger partial charge in [0.15, 0.2) is 11.9 Å². The molecular weight excluding hydrogens is 351 g/mol. The van der Waals surface area contributed by atoms with Gasteiger partial charge in [-0.1, -0.05) is 18.2 Å². The fourth-order valence-electron chi connectivity index (χ4n) is 2.48. The molecule has 0 amide bonds. The molecule has 6 nitrogen and oxygen atoms in total. The Bertz CT molecular complexity index is 952. The molecule has 0 aliphatic heterocycles. The predicted octanol–water partition coefficient (Wildman–Crippen LogP) is 3.45. The van der Waals surface area contributed by atoms with Crippen LogP contribution in [0.25, 0.3) is 5.69 Å². The number of ether oxygens (including phenoxy) is 2. The Hall–Kier alpha value is -3.48. The van der Waals surface area contributed by atoms with Crippen LogP contribution in [0.5, 0.6) is 5.75 Å². The monoisotopic (exact) mass is 368 g/mol. The molecule has 0 radical (unpaired) electrons. The average molecular weight is 368 g/mol. The second-order valence-corrected chi connectivity index (χ2v) is 5.74. The van der Waals surface area contributed by atoms with Crippen molar-refractivity contribution >= 4 is 11.8 Å². The van der Waals surface area contributed by atoms with Crippen LogP contribution in [0.4, 0.5) is 4.39 Å². The van der Waals surface area contributed by atoms with Gasteiger partial charge in [-0.15, -0.1) is 0 Å². The Morgan fingerprint density at radius 3 is 2.37 bits per heavy atom. The van der Waals surface area contributed by atoms with Crippen LogP contribution < -0.4 is 4.74 Å². The fourth-order valence-corrected chi connectivity index (χ4v) is 2.48. The number of para-hydroxylation sites is 1. The number of benzene rings is 2. The van der Waals surface area contributed by atoms with Crippen LogP contribution in [0.1, 0.15) is 27.8 Å². The highest BCUT2D eigenvalue weighted by molar-refractivity contribution is 6.01. The van der Waals surface area contributed by atoms with E-state index in [1.807, 2.05) is 30.3 Å². The normalized spacial score (nSPS) is 11.7. The molecular formula is C20H17FN2O4. The number of halogens is 1. The van der Waals surface area contributed by atoms with Gasteiger partial charge in [-0.05, 0) is 43.3 Å². The molecule has 0 saturated carbocycles. The number of rotatable bonds is 6. The van der Waals surface area contributed by atoms with Gasteiger partial charge in [-0.2, -0.15) is 5.10 Å². The summed E-state index contributed by atoms with van der Waals surface area (Å²) in [5, 5.41) is 4.20. The van der Waals surface area contributed by atoms with Crippen molar-refractivity contribution in [3.8, 4) is 11.4 Å². The number of carbonyl (C=O) groups is 2. The molecule has 1 unspecified atom stereocenters. The molecule has 0 aliphatic rings. The van der Waals surface area contributed by atoms with E-state index in [0.717, 1.165) is 5.69 Å². The Labute approximate surface area is 155 Å². The molecule has 3 aromatic rings. The van der Waals surface area contributed by atoms with Crippen molar-refractivity contribution in [2.75, 3.05) is 7.11 Å². The highest BCUT2D eigenvalue weighted by atomic mass is 19.1. The number of ketones is 1. The molecule has 0 aliphatic carbocycles. The maximum absolute atomic E-state index is 13.0. The van der Waals surface area contributed by atoms with Gasteiger partial charge in [0.05, 0.1) is 19.0 Å². The van der Waals surface area contributed by atoms with Crippen molar-refractivity contribution in [3.05, 3.63) is 77.9 Å². The Kier molecular flexibility index (Phi) is 5.30. The molecule has 1 aromatic heterocycles. The zero-order chi connectivity index (χ0) is 19.4. The van der Waals surface area contributed by atoms with Crippen LogP contribution in [0, 0.1) is 5.82 Å². The summed E-state index contributed by atoms with van der Waals surface area (Å²) in [6.07, 6.45) is 0.493. The topological polar surface area (TPSA) is 70.4 Å². The molecule has 1 heterocycles. The Morgan fingerprint density at radius 1 is 1.07 bits per heavy atom. The minimum Gasteiger partial charge on any atom is -0.493 e. The van der Waals surface area contributed by atoms with E-state index in [4.69, 9.17) is 9.47 Å². The third kappa shape index (κ3) is 4.03. The predicted molar refractivity (Wildman–Crippen MR) is 95.7 cm³/mol. The molecule has 3 rings (SSSR count). The molecule has 0 saturated heterocycles. The molecule has 0 spiro atoms. The lowest BCUT2D eigenvalue weighted by atomic mass is 10.1. The minimum atomic E-state index is -1.06. The summed E-state index contributed by atoms with van der Waals surface area (Å²) in [4.78, 5) is 24.8. The minimum absolute atomic E-state index is 0.0416. The SMILES string of the molecule is COc1cn(-c2ccccc2)nc1C(=O)OC(C)C(=O)c1ccc(F)cc1. The van der Waals surface area contributed by atoms with E-state index in [-0.39, 0.29) is 17.0 Å². The molecule has 7 heteroatoms. The number of Topliss-reactive ketones (excluding diaryl/α,β-unsaturated/α-hetero) is 1. The highest BCUT2D eigenvalue weighted by Crippen LogP contribution is 2.21. The summed E-state index contributed by atoms with van der Waals surface area (Å²) in [6.45, 7) is 1.45. The number of nitrogens with zero attached hydrogens (tertiary/aromatic N) is 2. The van der Waals surface area contributed by atoms with Gasteiger partial charge in [0.2, 0.25) is 11.5 Å². The third-order valence-electron chi connectivity index (χ3n) is 3.90. The maximum Gasteiger partial charge on any atom is 0.363 e. The smallest absolute Gasteiger partial charge is 0.363 e. The van der Waals surface area contributed by atoms with E-state index in [0.29, 0.717) is 0 Å². The van der Waals surface area contributed by atoms with Crippen molar-refractivity contribution in [2.24, 2.45) is 0 Å². The quantitative estimate of drug-likeness (QED) is 0.492. The van der Waals surface area contributed by atoms with E-state index in [2.05, 4.69) is 5.10 Å². The lowest BCUT2D eigenvalue weighted by Crippen LogP contribution is -2.25. The molecule has 0 fully saturated rings.